The van der Waals surface area contributed by atoms with E-state index in [4.69, 9.17) is 5.41 Å². The summed E-state index contributed by atoms with van der Waals surface area (Å²) in [5.74, 6) is -3.50. The molecule has 2 aliphatic rings. The van der Waals surface area contributed by atoms with E-state index in [1.165, 1.54) is 17.1 Å². The van der Waals surface area contributed by atoms with Crippen molar-refractivity contribution in [1.29, 1.82) is 5.41 Å². The first kappa shape index (κ1) is 31.3. The second kappa shape index (κ2) is 13.3. The maximum Gasteiger partial charge on any atom is 1.00 e. The van der Waals surface area contributed by atoms with Gasteiger partial charge in [-0.25, -0.2) is 0 Å². The molecule has 0 saturated carbocycles. The van der Waals surface area contributed by atoms with Crippen LogP contribution in [0.4, 0.5) is 0 Å². The van der Waals surface area contributed by atoms with Gasteiger partial charge in [0.15, 0.2) is 4.34 Å². The topological polar surface area (TPSA) is 204 Å². The van der Waals surface area contributed by atoms with Crippen molar-refractivity contribution in [3.05, 3.63) is 32.2 Å². The molecule has 36 heavy (non-hydrogen) atoms. The third kappa shape index (κ3) is 6.75. The van der Waals surface area contributed by atoms with E-state index >= 15 is 0 Å². The molecule has 0 aromatic carbocycles. The van der Waals surface area contributed by atoms with Gasteiger partial charge in [0.25, 0.3) is 5.91 Å². The molecular formula is C17H14N6Na2O7S4. The fraction of sp³-hybridized carbons (Fsp3) is 0.353. The molecule has 2 aromatic heterocycles. The van der Waals surface area contributed by atoms with Gasteiger partial charge in [-0.15, -0.1) is 33.3 Å². The second-order valence-electron chi connectivity index (χ2n) is 7.01. The summed E-state index contributed by atoms with van der Waals surface area (Å²) in [7, 11) is 0. The Morgan fingerprint density at radius 2 is 1.97 bits per heavy atom. The number of nitrogens with zero attached hydrogens (tertiary/aromatic N) is 4. The predicted octanol–water partition coefficient (Wildman–Crippen LogP) is -8.84. The number of hydrogen-bond donors (Lipinski definition) is 3. The van der Waals surface area contributed by atoms with Crippen LogP contribution in [-0.2, 0) is 32.0 Å². The summed E-state index contributed by atoms with van der Waals surface area (Å²) in [5, 5.41) is 50.9. The van der Waals surface area contributed by atoms with Crippen LogP contribution >= 0.6 is 46.2 Å². The Morgan fingerprint density at radius 3 is 2.58 bits per heavy atom. The van der Waals surface area contributed by atoms with Gasteiger partial charge < -0.3 is 30.3 Å². The molecule has 0 radical (unpaired) electrons. The number of carboxylic acid groups (broad SMARTS) is 2. The number of thioether (sulfide) groups is 2. The zero-order valence-corrected chi connectivity index (χ0v) is 26.1. The summed E-state index contributed by atoms with van der Waals surface area (Å²) in [6, 6.07) is -0.933. The summed E-state index contributed by atoms with van der Waals surface area (Å²) in [5.41, 5.74) is 0.376. The van der Waals surface area contributed by atoms with Gasteiger partial charge in [-0.2, -0.15) is 4.73 Å². The summed E-state index contributed by atoms with van der Waals surface area (Å²) >= 11 is 4.45. The standard InChI is InChI=1S/C17H16N6O7S4.2Na/c18-16-23(30)7(5-32-16)1-8(24)19-11-13(27)22-12(15(28)29)6(3-31-14(11)22)4-33-17-21-20-9(34-17)2-10(25)26;;/h5,11,14,18,30H,1-4H2,(H,19,24)(H,25,26)(H,28,29);;/q;2*+1/p-2/t11?,14-;;/m0../s1. The quantitative estimate of drug-likeness (QED) is 0.109. The van der Waals surface area contributed by atoms with Crippen LogP contribution in [0.2, 0.25) is 0 Å². The van der Waals surface area contributed by atoms with Gasteiger partial charge in [-0.05, 0) is 5.57 Å². The molecule has 0 aliphatic carbocycles. The van der Waals surface area contributed by atoms with Crippen molar-refractivity contribution in [3.63, 3.8) is 0 Å². The molecule has 2 aliphatic heterocycles. The van der Waals surface area contributed by atoms with Gasteiger partial charge >= 0.3 is 59.1 Å². The number of nitrogens with one attached hydrogen (secondary N) is 2. The monoisotopic (exact) mass is 588 g/mol. The van der Waals surface area contributed by atoms with Gasteiger partial charge in [0.05, 0.1) is 23.8 Å². The minimum atomic E-state index is -1.52. The van der Waals surface area contributed by atoms with Gasteiger partial charge in [0.1, 0.15) is 16.4 Å². The number of aromatic nitrogens is 3. The zero-order valence-electron chi connectivity index (χ0n) is 18.9. The average Bonchev–Trinajstić information content (AvgIpc) is 3.35. The molecule has 1 fully saturated rings. The number of carbonyl (C=O) groups is 4. The number of thiazole rings is 1. The largest absolute Gasteiger partial charge is 1.00 e. The van der Waals surface area contributed by atoms with E-state index in [1.807, 2.05) is 0 Å². The molecule has 2 amide bonds. The first-order valence-corrected chi connectivity index (χ1v) is 13.1. The number of rotatable bonds is 9. The van der Waals surface area contributed by atoms with E-state index in [1.54, 1.807) is 0 Å². The van der Waals surface area contributed by atoms with Crippen molar-refractivity contribution in [1.82, 2.24) is 25.1 Å². The molecule has 2 atom stereocenters. The van der Waals surface area contributed by atoms with E-state index in [0.29, 0.717) is 14.6 Å². The Kier molecular flexibility index (Phi) is 11.5. The molecule has 0 spiro atoms. The van der Waals surface area contributed by atoms with Crippen molar-refractivity contribution in [2.45, 2.75) is 28.6 Å². The van der Waals surface area contributed by atoms with Gasteiger partial charge in [-0.1, -0.05) is 23.1 Å². The van der Waals surface area contributed by atoms with E-state index in [2.05, 4.69) is 15.5 Å². The number of β-lactam (4-membered cyclic amide) rings is 1. The molecule has 2 aromatic rings. The van der Waals surface area contributed by atoms with E-state index in [-0.39, 0.29) is 105 Å². The number of carboxylic acids is 2. The van der Waals surface area contributed by atoms with Crippen LogP contribution in [-0.4, -0.2) is 71.7 Å². The Balaban J connectivity index is 0.00000228. The third-order valence-corrected chi connectivity index (χ3v) is 9.05. The van der Waals surface area contributed by atoms with Crippen molar-refractivity contribution in [3.8, 4) is 0 Å². The minimum absolute atomic E-state index is 0. The molecule has 13 nitrogen and oxygen atoms in total. The minimum Gasteiger partial charge on any atom is -0.550 e. The summed E-state index contributed by atoms with van der Waals surface area (Å²) in [6.07, 6.45) is -0.618. The third-order valence-electron chi connectivity index (χ3n) is 4.78. The van der Waals surface area contributed by atoms with Crippen LogP contribution in [0.3, 0.4) is 0 Å². The summed E-state index contributed by atoms with van der Waals surface area (Å²) in [4.78, 5) is 48.5. The van der Waals surface area contributed by atoms with Crippen LogP contribution in [0, 0.1) is 5.41 Å². The molecule has 3 N–H and O–H groups in total. The Hall–Kier alpha value is -0.890. The molecule has 1 unspecified atom stereocenters. The van der Waals surface area contributed by atoms with Crippen LogP contribution in [0.25, 0.3) is 0 Å². The Labute approximate surface area is 263 Å². The molecule has 4 rings (SSSR count). The van der Waals surface area contributed by atoms with E-state index in [0.717, 1.165) is 39.3 Å². The maximum atomic E-state index is 12.7. The molecular weight excluding hydrogens is 574 g/mol. The normalized spacial score (nSPS) is 18.4. The molecule has 0 bridgehead atoms. The van der Waals surface area contributed by atoms with Crippen molar-refractivity contribution < 1.29 is 93.7 Å². The first-order valence-electron chi connectivity index (χ1n) is 9.41. The van der Waals surface area contributed by atoms with Gasteiger partial charge in [0.2, 0.25) is 10.7 Å². The number of carbonyl (C=O) groups excluding carboxylic acids is 4. The fourth-order valence-electron chi connectivity index (χ4n) is 3.28. The molecule has 19 heteroatoms. The number of hydrogen-bond acceptors (Lipinski definition) is 14. The SMILES string of the molecule is N=c1scc(CC(=O)NC2C(=O)N3C(C(=O)[O-])=C(CSc4nnc(CC(=O)[O-])s4)CS[C@@H]23)n1O.[Na+].[Na+]. The number of fused-ring (bicyclic) bond motifs is 1. The summed E-state index contributed by atoms with van der Waals surface area (Å²) in [6.45, 7) is 0. The fourth-order valence-corrected chi connectivity index (χ4v) is 7.30. The van der Waals surface area contributed by atoms with Crippen molar-refractivity contribution >= 4 is 70.0 Å². The summed E-state index contributed by atoms with van der Waals surface area (Å²) < 4.78 is 1.02. The predicted molar refractivity (Wildman–Crippen MR) is 115 cm³/mol. The number of aliphatic carboxylic acids is 2. The van der Waals surface area contributed by atoms with E-state index < -0.39 is 35.2 Å². The maximum absolute atomic E-state index is 12.7. The van der Waals surface area contributed by atoms with E-state index in [9.17, 15) is 34.6 Å². The van der Waals surface area contributed by atoms with Gasteiger partial charge in [-0.3, -0.25) is 19.9 Å². The zero-order chi connectivity index (χ0) is 24.6. The van der Waals surface area contributed by atoms with Crippen LogP contribution < -0.4 is 79.4 Å². The molecule has 4 heterocycles. The van der Waals surface area contributed by atoms with Gasteiger partial charge in [0, 0.05) is 29.3 Å². The second-order valence-corrected chi connectivity index (χ2v) is 11.3. The molecule has 1 saturated heterocycles. The Bertz CT molecular complexity index is 1280. The van der Waals surface area contributed by atoms with Crippen LogP contribution in [0.5, 0.6) is 0 Å². The average molecular weight is 589 g/mol. The first-order chi connectivity index (χ1) is 16.2. The van der Waals surface area contributed by atoms with Crippen LogP contribution in [0.1, 0.15) is 10.7 Å². The Morgan fingerprint density at radius 1 is 1.25 bits per heavy atom. The number of amides is 2. The van der Waals surface area contributed by atoms with Crippen molar-refractivity contribution in [2.24, 2.45) is 0 Å². The smallest absolute Gasteiger partial charge is 0.550 e. The van der Waals surface area contributed by atoms with Crippen molar-refractivity contribution in [2.75, 3.05) is 11.5 Å². The molecule has 180 valence electrons. The van der Waals surface area contributed by atoms with Crippen LogP contribution in [0.15, 0.2) is 21.0 Å².